The second-order valence-electron chi connectivity index (χ2n) is 7.22. The molecule has 0 spiro atoms. The second-order valence-corrected chi connectivity index (χ2v) is 8.49. The number of halogens is 2. The zero-order valence-corrected chi connectivity index (χ0v) is 20.0. The minimum Gasteiger partial charge on any atom is -0.485 e. The summed E-state index contributed by atoms with van der Waals surface area (Å²) in [6, 6.07) is 18.6. The Morgan fingerprint density at radius 2 is 1.91 bits per heavy atom. The molecule has 0 fully saturated rings. The highest BCUT2D eigenvalue weighted by molar-refractivity contribution is 9.10. The third kappa shape index (κ3) is 5.74. The average Bonchev–Trinajstić information content (AvgIpc) is 3.42. The van der Waals surface area contributed by atoms with Crippen molar-refractivity contribution in [2.24, 2.45) is 0 Å². The fourth-order valence-electron chi connectivity index (χ4n) is 3.23. The SMILES string of the molecule is C=CCc1ccccc1OCc1ccc(C(=O)Nc2nn(Cc3ccccc3Cl)cc2Br)o1. The smallest absolute Gasteiger partial charge is 0.292 e. The van der Waals surface area contributed by atoms with Crippen LogP contribution in [0.5, 0.6) is 5.75 Å². The number of furan rings is 1. The lowest BCUT2D eigenvalue weighted by atomic mass is 10.1. The van der Waals surface area contributed by atoms with Crippen LogP contribution in [0.3, 0.4) is 0 Å². The number of nitrogens with zero attached hydrogens (tertiary/aromatic N) is 2. The highest BCUT2D eigenvalue weighted by atomic mass is 79.9. The van der Waals surface area contributed by atoms with E-state index in [2.05, 4.69) is 32.9 Å². The molecule has 0 radical (unpaired) electrons. The molecular formula is C25H21BrClN3O3. The average molecular weight is 527 g/mol. The Morgan fingerprint density at radius 1 is 1.15 bits per heavy atom. The van der Waals surface area contributed by atoms with Gasteiger partial charge >= 0.3 is 0 Å². The van der Waals surface area contributed by atoms with Crippen LogP contribution in [0, 0.1) is 0 Å². The predicted molar refractivity (Wildman–Crippen MR) is 132 cm³/mol. The van der Waals surface area contributed by atoms with Gasteiger partial charge in [-0.3, -0.25) is 9.48 Å². The van der Waals surface area contributed by atoms with E-state index < -0.39 is 5.91 Å². The molecule has 4 rings (SSSR count). The Bertz CT molecular complexity index is 1280. The van der Waals surface area contributed by atoms with Gasteiger partial charge in [-0.1, -0.05) is 54.1 Å². The van der Waals surface area contributed by atoms with Crippen LogP contribution < -0.4 is 10.1 Å². The van der Waals surface area contributed by atoms with Crippen molar-refractivity contribution in [3.05, 3.63) is 112 Å². The van der Waals surface area contributed by atoms with Gasteiger partial charge in [0.25, 0.3) is 5.91 Å². The standard InChI is InChI=1S/C25H21BrClN3O3/c1-2-7-17-8-4-6-11-22(17)32-16-19-12-13-23(33-19)25(31)28-24-20(26)15-30(29-24)14-18-9-3-5-10-21(18)27/h2-6,8-13,15H,1,7,14,16H2,(H,28,29,31). The monoisotopic (exact) mass is 525 g/mol. The van der Waals surface area contributed by atoms with Gasteiger partial charge in [0.05, 0.1) is 11.0 Å². The molecule has 2 aromatic heterocycles. The lowest BCUT2D eigenvalue weighted by Crippen LogP contribution is -2.12. The summed E-state index contributed by atoms with van der Waals surface area (Å²) in [4.78, 5) is 12.7. The molecule has 0 atom stereocenters. The number of hydrogen-bond acceptors (Lipinski definition) is 4. The van der Waals surface area contributed by atoms with E-state index in [1.165, 1.54) is 0 Å². The fourth-order valence-corrected chi connectivity index (χ4v) is 3.84. The lowest BCUT2D eigenvalue weighted by Gasteiger charge is -2.08. The number of hydrogen-bond donors (Lipinski definition) is 1. The summed E-state index contributed by atoms with van der Waals surface area (Å²) >= 11 is 9.66. The molecule has 33 heavy (non-hydrogen) atoms. The van der Waals surface area contributed by atoms with Crippen molar-refractivity contribution in [2.75, 3.05) is 5.32 Å². The van der Waals surface area contributed by atoms with Gasteiger partial charge in [0.1, 0.15) is 18.1 Å². The topological polar surface area (TPSA) is 69.3 Å². The van der Waals surface area contributed by atoms with Crippen LogP contribution in [0.25, 0.3) is 0 Å². The number of aromatic nitrogens is 2. The number of ether oxygens (including phenoxy) is 1. The zero-order valence-electron chi connectivity index (χ0n) is 17.6. The molecule has 4 aromatic rings. The van der Waals surface area contributed by atoms with E-state index in [-0.39, 0.29) is 12.4 Å². The largest absolute Gasteiger partial charge is 0.485 e. The quantitative estimate of drug-likeness (QED) is 0.253. The van der Waals surface area contributed by atoms with Gasteiger partial charge in [0, 0.05) is 11.2 Å². The summed E-state index contributed by atoms with van der Waals surface area (Å²) in [5.41, 5.74) is 1.96. The van der Waals surface area contributed by atoms with E-state index in [1.54, 1.807) is 23.0 Å². The molecule has 0 aliphatic rings. The molecule has 0 unspecified atom stereocenters. The second kappa shape index (κ2) is 10.6. The maximum absolute atomic E-state index is 12.7. The Hall–Kier alpha value is -3.29. The van der Waals surface area contributed by atoms with Crippen molar-refractivity contribution in [2.45, 2.75) is 19.6 Å². The normalized spacial score (nSPS) is 10.7. The van der Waals surface area contributed by atoms with Crippen molar-refractivity contribution >= 4 is 39.3 Å². The third-order valence-electron chi connectivity index (χ3n) is 4.83. The zero-order chi connectivity index (χ0) is 23.2. The number of carbonyl (C=O) groups is 1. The van der Waals surface area contributed by atoms with Crippen molar-refractivity contribution in [3.63, 3.8) is 0 Å². The van der Waals surface area contributed by atoms with Crippen LogP contribution in [-0.2, 0) is 19.6 Å². The van der Waals surface area contributed by atoms with Crippen molar-refractivity contribution < 1.29 is 13.9 Å². The molecule has 0 aliphatic carbocycles. The number of allylic oxidation sites excluding steroid dienone is 1. The molecule has 2 heterocycles. The lowest BCUT2D eigenvalue weighted by molar-refractivity contribution is 0.0992. The number of carbonyl (C=O) groups excluding carboxylic acids is 1. The molecule has 2 aromatic carbocycles. The number of para-hydroxylation sites is 1. The minimum absolute atomic E-state index is 0.167. The first-order chi connectivity index (χ1) is 16.0. The van der Waals surface area contributed by atoms with Crippen molar-refractivity contribution in [3.8, 4) is 5.75 Å². The number of rotatable bonds is 9. The molecule has 0 saturated heterocycles. The molecule has 1 N–H and O–H groups in total. The molecule has 168 valence electrons. The third-order valence-corrected chi connectivity index (χ3v) is 5.78. The highest BCUT2D eigenvalue weighted by Gasteiger charge is 2.16. The molecule has 8 heteroatoms. The first-order valence-electron chi connectivity index (χ1n) is 10.2. The minimum atomic E-state index is -0.406. The maximum atomic E-state index is 12.7. The first kappa shape index (κ1) is 22.9. The van der Waals surface area contributed by atoms with Crippen LogP contribution in [0.15, 0.2) is 88.4 Å². The van der Waals surface area contributed by atoms with E-state index in [0.717, 1.165) is 16.9 Å². The molecule has 0 saturated carbocycles. The van der Waals surface area contributed by atoms with Gasteiger partial charge in [0.2, 0.25) is 0 Å². The van der Waals surface area contributed by atoms with Gasteiger partial charge < -0.3 is 14.5 Å². The van der Waals surface area contributed by atoms with E-state index in [0.29, 0.717) is 34.0 Å². The number of benzene rings is 2. The Labute approximate surface area is 205 Å². The van der Waals surface area contributed by atoms with Gasteiger partial charge in [-0.25, -0.2) is 0 Å². The summed E-state index contributed by atoms with van der Waals surface area (Å²) in [7, 11) is 0. The van der Waals surface area contributed by atoms with E-state index in [1.807, 2.05) is 54.6 Å². The van der Waals surface area contributed by atoms with E-state index in [4.69, 9.17) is 20.8 Å². The van der Waals surface area contributed by atoms with Gasteiger partial charge in [0.15, 0.2) is 11.6 Å². The molecule has 6 nitrogen and oxygen atoms in total. The van der Waals surface area contributed by atoms with Crippen LogP contribution in [0.1, 0.15) is 27.4 Å². The molecular weight excluding hydrogens is 506 g/mol. The number of anilines is 1. The fraction of sp³-hybridized carbons (Fsp3) is 0.120. The van der Waals surface area contributed by atoms with Crippen LogP contribution >= 0.6 is 27.5 Å². The van der Waals surface area contributed by atoms with Crippen LogP contribution in [0.4, 0.5) is 5.82 Å². The maximum Gasteiger partial charge on any atom is 0.292 e. The van der Waals surface area contributed by atoms with Crippen LogP contribution in [-0.4, -0.2) is 15.7 Å². The summed E-state index contributed by atoms with van der Waals surface area (Å²) in [5.74, 6) is 1.45. The molecule has 0 aliphatic heterocycles. The van der Waals surface area contributed by atoms with Crippen molar-refractivity contribution in [1.29, 1.82) is 0 Å². The van der Waals surface area contributed by atoms with E-state index in [9.17, 15) is 4.79 Å². The van der Waals surface area contributed by atoms with E-state index >= 15 is 0 Å². The summed E-state index contributed by atoms with van der Waals surface area (Å²) in [6.45, 7) is 4.45. The summed E-state index contributed by atoms with van der Waals surface area (Å²) < 4.78 is 13.9. The van der Waals surface area contributed by atoms with Gasteiger partial charge in [-0.15, -0.1) is 6.58 Å². The summed E-state index contributed by atoms with van der Waals surface area (Å²) in [6.07, 6.45) is 4.31. The number of nitrogens with one attached hydrogen (secondary N) is 1. The highest BCUT2D eigenvalue weighted by Crippen LogP contribution is 2.24. The number of amides is 1. The molecule has 1 amide bonds. The van der Waals surface area contributed by atoms with Gasteiger partial charge in [-0.2, -0.15) is 5.10 Å². The molecule has 0 bridgehead atoms. The van der Waals surface area contributed by atoms with Gasteiger partial charge in [-0.05, 0) is 57.7 Å². The summed E-state index contributed by atoms with van der Waals surface area (Å²) in [5, 5.41) is 7.85. The van der Waals surface area contributed by atoms with Crippen LogP contribution in [0.2, 0.25) is 5.02 Å². The Kier molecular flexibility index (Phi) is 7.32. The first-order valence-corrected chi connectivity index (χ1v) is 11.4. The van der Waals surface area contributed by atoms with Crippen molar-refractivity contribution in [1.82, 2.24) is 9.78 Å². The Balaban J connectivity index is 1.38. The predicted octanol–water partition coefficient (Wildman–Crippen LogP) is 6.50. The Morgan fingerprint density at radius 3 is 2.70 bits per heavy atom.